The van der Waals surface area contributed by atoms with Crippen LogP contribution in [-0.2, 0) is 14.3 Å². The molecule has 3 fully saturated rings. The summed E-state index contributed by atoms with van der Waals surface area (Å²) in [5.74, 6) is 0.619. The molecule has 3 rings (SSSR count). The maximum Gasteiger partial charge on any atom is 0.248 e. The van der Waals surface area contributed by atoms with Crippen molar-refractivity contribution in [3.05, 3.63) is 0 Å². The molecule has 0 aliphatic carbocycles. The van der Waals surface area contributed by atoms with E-state index < -0.39 is 0 Å². The van der Waals surface area contributed by atoms with E-state index in [0.29, 0.717) is 18.6 Å². The Kier molecular flexibility index (Phi) is 7.49. The fraction of sp³-hybridized carbons (Fsp3) is 0.900. The van der Waals surface area contributed by atoms with Crippen molar-refractivity contribution in [2.45, 2.75) is 38.6 Å². The van der Waals surface area contributed by atoms with Gasteiger partial charge in [-0.2, -0.15) is 0 Å². The van der Waals surface area contributed by atoms with Gasteiger partial charge in [0.15, 0.2) is 0 Å². The number of hydrogen-bond acceptors (Lipinski definition) is 5. The first-order valence-corrected chi connectivity index (χ1v) is 10.7. The molecule has 7 heteroatoms. The lowest BCUT2D eigenvalue weighted by Gasteiger charge is -2.43. The van der Waals surface area contributed by atoms with E-state index >= 15 is 0 Å². The molecule has 3 saturated heterocycles. The van der Waals surface area contributed by atoms with E-state index in [1.165, 1.54) is 0 Å². The van der Waals surface area contributed by atoms with Crippen molar-refractivity contribution >= 4 is 11.8 Å². The molecule has 154 valence electrons. The summed E-state index contributed by atoms with van der Waals surface area (Å²) in [7, 11) is 2.12. The van der Waals surface area contributed by atoms with Gasteiger partial charge in [0, 0.05) is 58.5 Å². The predicted molar refractivity (Wildman–Crippen MR) is 104 cm³/mol. The molecule has 0 spiro atoms. The van der Waals surface area contributed by atoms with Crippen LogP contribution in [0, 0.1) is 5.92 Å². The molecule has 2 amide bonds. The van der Waals surface area contributed by atoms with Crippen molar-refractivity contribution in [2.75, 3.05) is 72.6 Å². The zero-order valence-corrected chi connectivity index (χ0v) is 17.1. The standard InChI is InChI=1S/C20H36N4O3/c1-3-27-16-19(25)22-9-6-18(7-10-22)24-8-4-5-17(15-24)20(26)23-13-11-21(2)12-14-23/h17-18H,3-16H2,1-2H3/t17-/m0/s1. The highest BCUT2D eigenvalue weighted by atomic mass is 16.5. The first-order valence-electron chi connectivity index (χ1n) is 10.7. The topological polar surface area (TPSA) is 56.3 Å². The Morgan fingerprint density at radius 3 is 2.30 bits per heavy atom. The average Bonchev–Trinajstić information content (AvgIpc) is 2.72. The smallest absolute Gasteiger partial charge is 0.248 e. The van der Waals surface area contributed by atoms with Crippen LogP contribution in [0.25, 0.3) is 0 Å². The molecule has 3 heterocycles. The molecule has 27 heavy (non-hydrogen) atoms. The molecule has 0 N–H and O–H groups in total. The third kappa shape index (κ3) is 5.42. The summed E-state index contributed by atoms with van der Waals surface area (Å²) in [6, 6.07) is 0.504. The van der Waals surface area contributed by atoms with Gasteiger partial charge < -0.3 is 19.4 Å². The van der Waals surface area contributed by atoms with Crippen molar-refractivity contribution in [3.8, 4) is 0 Å². The van der Waals surface area contributed by atoms with Crippen molar-refractivity contribution in [1.29, 1.82) is 0 Å². The number of carbonyl (C=O) groups is 2. The number of nitrogens with zero attached hydrogens (tertiary/aromatic N) is 4. The van der Waals surface area contributed by atoms with Gasteiger partial charge >= 0.3 is 0 Å². The molecule has 0 aromatic carbocycles. The third-order valence-corrected chi connectivity index (χ3v) is 6.38. The summed E-state index contributed by atoms with van der Waals surface area (Å²) in [5.41, 5.74) is 0. The van der Waals surface area contributed by atoms with Crippen LogP contribution < -0.4 is 0 Å². The van der Waals surface area contributed by atoms with Crippen LogP contribution in [0.4, 0.5) is 0 Å². The number of likely N-dealkylation sites (N-methyl/N-ethyl adjacent to an activating group) is 1. The second-order valence-electron chi connectivity index (χ2n) is 8.21. The van der Waals surface area contributed by atoms with E-state index in [4.69, 9.17) is 4.74 Å². The SMILES string of the molecule is CCOCC(=O)N1CCC(N2CCC[C@H](C(=O)N3CCN(C)CC3)C2)CC1. The van der Waals surface area contributed by atoms with Crippen molar-refractivity contribution in [1.82, 2.24) is 19.6 Å². The molecular formula is C20H36N4O3. The number of amides is 2. The fourth-order valence-corrected chi connectivity index (χ4v) is 4.59. The molecule has 1 atom stereocenters. The Morgan fingerprint density at radius 2 is 1.63 bits per heavy atom. The van der Waals surface area contributed by atoms with Crippen LogP contribution in [-0.4, -0.2) is 110 Å². The molecule has 3 aliphatic rings. The van der Waals surface area contributed by atoms with Crippen LogP contribution >= 0.6 is 0 Å². The Hall–Kier alpha value is -1.18. The van der Waals surface area contributed by atoms with Crippen molar-refractivity contribution in [3.63, 3.8) is 0 Å². The first-order chi connectivity index (χ1) is 13.1. The molecule has 0 radical (unpaired) electrons. The monoisotopic (exact) mass is 380 g/mol. The number of rotatable bonds is 5. The van der Waals surface area contributed by atoms with Crippen LogP contribution in [0.2, 0.25) is 0 Å². The summed E-state index contributed by atoms with van der Waals surface area (Å²) in [5, 5.41) is 0. The number of likely N-dealkylation sites (tertiary alicyclic amines) is 2. The van der Waals surface area contributed by atoms with E-state index in [2.05, 4.69) is 21.7 Å². The van der Waals surface area contributed by atoms with Gasteiger partial charge in [0.2, 0.25) is 11.8 Å². The van der Waals surface area contributed by atoms with E-state index in [-0.39, 0.29) is 18.4 Å². The normalized spacial score (nSPS) is 26.4. The Bertz CT molecular complexity index is 499. The van der Waals surface area contributed by atoms with Crippen LogP contribution in [0.1, 0.15) is 32.6 Å². The van der Waals surface area contributed by atoms with E-state index in [9.17, 15) is 9.59 Å². The van der Waals surface area contributed by atoms with Crippen LogP contribution in [0.5, 0.6) is 0 Å². The highest BCUT2D eigenvalue weighted by Gasteiger charge is 2.34. The Balaban J connectivity index is 1.46. The number of carbonyl (C=O) groups excluding carboxylic acids is 2. The van der Waals surface area contributed by atoms with Gasteiger partial charge in [-0.1, -0.05) is 0 Å². The number of piperidine rings is 2. The maximum absolute atomic E-state index is 12.9. The summed E-state index contributed by atoms with van der Waals surface area (Å²) in [6.07, 6.45) is 4.14. The molecule has 7 nitrogen and oxygen atoms in total. The second-order valence-corrected chi connectivity index (χ2v) is 8.21. The highest BCUT2D eigenvalue weighted by molar-refractivity contribution is 5.79. The van der Waals surface area contributed by atoms with Gasteiger partial charge in [0.25, 0.3) is 0 Å². The lowest BCUT2D eigenvalue weighted by atomic mass is 9.92. The molecule has 0 bridgehead atoms. The lowest BCUT2D eigenvalue weighted by Crippen LogP contribution is -2.54. The fourth-order valence-electron chi connectivity index (χ4n) is 4.59. The zero-order chi connectivity index (χ0) is 19.2. The lowest BCUT2D eigenvalue weighted by molar-refractivity contribution is -0.139. The van der Waals surface area contributed by atoms with Gasteiger partial charge in [-0.15, -0.1) is 0 Å². The van der Waals surface area contributed by atoms with Crippen LogP contribution in [0.15, 0.2) is 0 Å². The first kappa shape index (κ1) is 20.6. The zero-order valence-electron chi connectivity index (χ0n) is 17.1. The van der Waals surface area contributed by atoms with E-state index in [1.54, 1.807) is 0 Å². The minimum absolute atomic E-state index is 0.108. The quantitative estimate of drug-likeness (QED) is 0.695. The molecular weight excluding hydrogens is 344 g/mol. The van der Waals surface area contributed by atoms with E-state index in [0.717, 1.165) is 78.0 Å². The summed E-state index contributed by atoms with van der Waals surface area (Å²) in [6.45, 7) is 9.99. The summed E-state index contributed by atoms with van der Waals surface area (Å²) in [4.78, 5) is 33.9. The average molecular weight is 381 g/mol. The number of hydrogen-bond donors (Lipinski definition) is 0. The second kappa shape index (κ2) is 9.85. The predicted octanol–water partition coefficient (Wildman–Crippen LogP) is 0.500. The minimum atomic E-state index is 0.108. The molecule has 0 aromatic rings. The molecule has 3 aliphatic heterocycles. The maximum atomic E-state index is 12.9. The molecule has 0 saturated carbocycles. The van der Waals surface area contributed by atoms with E-state index in [1.807, 2.05) is 11.8 Å². The number of piperazine rings is 1. The Morgan fingerprint density at radius 1 is 0.926 bits per heavy atom. The van der Waals surface area contributed by atoms with Gasteiger partial charge in [0.1, 0.15) is 6.61 Å². The van der Waals surface area contributed by atoms with Gasteiger partial charge in [-0.05, 0) is 46.2 Å². The van der Waals surface area contributed by atoms with Crippen LogP contribution in [0.3, 0.4) is 0 Å². The largest absolute Gasteiger partial charge is 0.372 e. The molecule has 0 unspecified atom stereocenters. The summed E-state index contributed by atoms with van der Waals surface area (Å²) >= 11 is 0. The summed E-state index contributed by atoms with van der Waals surface area (Å²) < 4.78 is 5.25. The van der Waals surface area contributed by atoms with Gasteiger partial charge in [-0.25, -0.2) is 0 Å². The Labute approximate surface area is 163 Å². The van der Waals surface area contributed by atoms with Gasteiger partial charge in [0.05, 0.1) is 5.92 Å². The van der Waals surface area contributed by atoms with Gasteiger partial charge in [-0.3, -0.25) is 14.5 Å². The van der Waals surface area contributed by atoms with Crippen molar-refractivity contribution < 1.29 is 14.3 Å². The third-order valence-electron chi connectivity index (χ3n) is 6.38. The van der Waals surface area contributed by atoms with Crippen molar-refractivity contribution in [2.24, 2.45) is 5.92 Å². The highest BCUT2D eigenvalue weighted by Crippen LogP contribution is 2.25. The number of ether oxygens (including phenoxy) is 1. The minimum Gasteiger partial charge on any atom is -0.372 e. The molecule has 0 aromatic heterocycles.